The molecule has 0 N–H and O–H groups in total. The number of halogens is 2. The van der Waals surface area contributed by atoms with Crippen molar-refractivity contribution in [3.05, 3.63) is 34.1 Å². The van der Waals surface area contributed by atoms with Gasteiger partial charge < -0.3 is 0 Å². The van der Waals surface area contributed by atoms with Gasteiger partial charge in [-0.05, 0) is 27.6 Å². The van der Waals surface area contributed by atoms with Gasteiger partial charge in [0.15, 0.2) is 0 Å². The van der Waals surface area contributed by atoms with Gasteiger partial charge in [0.05, 0.1) is 4.47 Å². The molecule has 0 aliphatic heterocycles. The van der Waals surface area contributed by atoms with Crippen LogP contribution in [0.15, 0.2) is 22.7 Å². The van der Waals surface area contributed by atoms with E-state index in [1.807, 2.05) is 6.07 Å². The summed E-state index contributed by atoms with van der Waals surface area (Å²) in [7, 11) is 0. The highest BCUT2D eigenvalue weighted by molar-refractivity contribution is 9.10. The molecular formula is C7H6BrFS. The molecule has 1 aromatic carbocycles. The Kier molecular flexibility index (Phi) is 2.74. The maximum absolute atomic E-state index is 12.7. The molecule has 1 aromatic rings. The summed E-state index contributed by atoms with van der Waals surface area (Å²) in [4.78, 5) is 0. The number of rotatable bonds is 1. The first-order valence-electron chi connectivity index (χ1n) is 2.79. The lowest BCUT2D eigenvalue weighted by Crippen LogP contribution is -1.83. The van der Waals surface area contributed by atoms with Gasteiger partial charge in [0.25, 0.3) is 0 Å². The van der Waals surface area contributed by atoms with Gasteiger partial charge in [0.1, 0.15) is 5.82 Å². The lowest BCUT2D eigenvalue weighted by Gasteiger charge is -1.99. The first-order chi connectivity index (χ1) is 4.75. The van der Waals surface area contributed by atoms with E-state index in [9.17, 15) is 4.39 Å². The van der Waals surface area contributed by atoms with Crippen molar-refractivity contribution in [1.29, 1.82) is 0 Å². The second kappa shape index (κ2) is 3.39. The molecular weight excluding hydrogens is 215 g/mol. The molecule has 10 heavy (non-hydrogen) atoms. The minimum Gasteiger partial charge on any atom is -0.206 e. The van der Waals surface area contributed by atoms with Gasteiger partial charge in [0.2, 0.25) is 0 Å². The van der Waals surface area contributed by atoms with Crippen molar-refractivity contribution in [1.82, 2.24) is 0 Å². The molecule has 0 saturated carbocycles. The van der Waals surface area contributed by atoms with Crippen LogP contribution in [0.5, 0.6) is 0 Å². The number of hydrogen-bond donors (Lipinski definition) is 1. The van der Waals surface area contributed by atoms with Crippen molar-refractivity contribution < 1.29 is 4.39 Å². The van der Waals surface area contributed by atoms with E-state index in [-0.39, 0.29) is 5.82 Å². The van der Waals surface area contributed by atoms with Crippen LogP contribution in [0, 0.1) is 5.82 Å². The number of benzene rings is 1. The van der Waals surface area contributed by atoms with E-state index >= 15 is 0 Å². The van der Waals surface area contributed by atoms with E-state index in [0.717, 1.165) is 5.56 Å². The zero-order chi connectivity index (χ0) is 7.56. The molecule has 0 fully saturated rings. The van der Waals surface area contributed by atoms with Crippen LogP contribution in [0.4, 0.5) is 4.39 Å². The van der Waals surface area contributed by atoms with Crippen LogP contribution in [0.2, 0.25) is 0 Å². The Morgan fingerprint density at radius 2 is 2.20 bits per heavy atom. The van der Waals surface area contributed by atoms with Crippen molar-refractivity contribution in [2.45, 2.75) is 5.75 Å². The van der Waals surface area contributed by atoms with E-state index in [1.165, 1.54) is 6.07 Å². The maximum Gasteiger partial charge on any atom is 0.137 e. The van der Waals surface area contributed by atoms with Crippen molar-refractivity contribution in [3.63, 3.8) is 0 Å². The number of thiol groups is 1. The fourth-order valence-corrected chi connectivity index (χ4v) is 1.56. The lowest BCUT2D eigenvalue weighted by atomic mass is 10.2. The van der Waals surface area contributed by atoms with E-state index < -0.39 is 0 Å². The van der Waals surface area contributed by atoms with Crippen LogP contribution in [0.1, 0.15) is 5.56 Å². The van der Waals surface area contributed by atoms with E-state index in [2.05, 4.69) is 28.6 Å². The highest BCUT2D eigenvalue weighted by Crippen LogP contribution is 2.21. The molecule has 54 valence electrons. The fraction of sp³-hybridized carbons (Fsp3) is 0.143. The molecule has 0 spiro atoms. The molecule has 1 rings (SSSR count). The summed E-state index contributed by atoms with van der Waals surface area (Å²) < 4.78 is 13.2. The molecule has 0 aliphatic carbocycles. The van der Waals surface area contributed by atoms with E-state index in [0.29, 0.717) is 10.2 Å². The molecule has 0 nitrogen and oxygen atoms in total. The van der Waals surface area contributed by atoms with Crippen molar-refractivity contribution in [2.24, 2.45) is 0 Å². The first-order valence-corrected chi connectivity index (χ1v) is 4.22. The van der Waals surface area contributed by atoms with Crippen LogP contribution in [0.3, 0.4) is 0 Å². The summed E-state index contributed by atoms with van der Waals surface area (Å²) in [6, 6.07) is 4.92. The van der Waals surface area contributed by atoms with Crippen molar-refractivity contribution in [2.75, 3.05) is 0 Å². The molecule has 0 heterocycles. The van der Waals surface area contributed by atoms with Gasteiger partial charge in [-0.1, -0.05) is 12.1 Å². The van der Waals surface area contributed by atoms with Crippen LogP contribution in [-0.4, -0.2) is 0 Å². The quantitative estimate of drug-likeness (QED) is 0.692. The van der Waals surface area contributed by atoms with Crippen LogP contribution in [0.25, 0.3) is 0 Å². The predicted octanol–water partition coefficient (Wildman–Crippen LogP) is 3.02. The topological polar surface area (TPSA) is 0 Å². The standard InChI is InChI=1S/C7H6BrFS/c8-7-5(4-10)2-1-3-6(7)9/h1-3,10H,4H2. The van der Waals surface area contributed by atoms with E-state index in [4.69, 9.17) is 0 Å². The molecule has 0 atom stereocenters. The largest absolute Gasteiger partial charge is 0.206 e. The highest BCUT2D eigenvalue weighted by Gasteiger charge is 2.01. The van der Waals surface area contributed by atoms with Crippen LogP contribution < -0.4 is 0 Å². The van der Waals surface area contributed by atoms with Gasteiger partial charge >= 0.3 is 0 Å². The zero-order valence-corrected chi connectivity index (χ0v) is 7.62. The molecule has 0 radical (unpaired) electrons. The Hall–Kier alpha value is -0.0200. The Balaban J connectivity index is 3.14. The normalized spacial score (nSPS) is 9.90. The third kappa shape index (κ3) is 1.52. The number of hydrogen-bond acceptors (Lipinski definition) is 1. The zero-order valence-electron chi connectivity index (χ0n) is 5.14. The fourth-order valence-electron chi connectivity index (χ4n) is 0.671. The first kappa shape index (κ1) is 8.08. The molecule has 0 aliphatic rings. The SMILES string of the molecule is Fc1cccc(CS)c1Br. The molecule has 0 unspecified atom stereocenters. The summed E-state index contributed by atoms with van der Waals surface area (Å²) in [6.45, 7) is 0. The Bertz CT molecular complexity index is 237. The minimum absolute atomic E-state index is 0.230. The Morgan fingerprint density at radius 1 is 1.50 bits per heavy atom. The predicted molar refractivity (Wildman–Crippen MR) is 46.8 cm³/mol. The summed E-state index contributed by atoms with van der Waals surface area (Å²) in [6.07, 6.45) is 0. The second-order valence-corrected chi connectivity index (χ2v) is 2.98. The Labute approximate surface area is 73.0 Å². The summed E-state index contributed by atoms with van der Waals surface area (Å²) in [5.41, 5.74) is 0.878. The molecule has 0 aromatic heterocycles. The summed E-state index contributed by atoms with van der Waals surface area (Å²) >= 11 is 7.15. The average molecular weight is 221 g/mol. The van der Waals surface area contributed by atoms with Crippen molar-refractivity contribution in [3.8, 4) is 0 Å². The summed E-state index contributed by atoms with van der Waals surface area (Å²) in [5, 5.41) is 0. The van der Waals surface area contributed by atoms with Crippen molar-refractivity contribution >= 4 is 28.6 Å². The Morgan fingerprint density at radius 3 is 2.70 bits per heavy atom. The van der Waals surface area contributed by atoms with E-state index in [1.54, 1.807) is 6.07 Å². The molecule has 0 saturated heterocycles. The average Bonchev–Trinajstić information content (AvgIpc) is 1.95. The smallest absolute Gasteiger partial charge is 0.137 e. The van der Waals surface area contributed by atoms with Gasteiger partial charge in [-0.2, -0.15) is 12.6 Å². The van der Waals surface area contributed by atoms with Crippen LogP contribution in [-0.2, 0) is 5.75 Å². The minimum atomic E-state index is -0.230. The molecule has 0 amide bonds. The lowest BCUT2D eigenvalue weighted by molar-refractivity contribution is 0.619. The van der Waals surface area contributed by atoms with Gasteiger partial charge in [-0.25, -0.2) is 4.39 Å². The second-order valence-electron chi connectivity index (χ2n) is 1.87. The highest BCUT2D eigenvalue weighted by atomic mass is 79.9. The molecule has 0 bridgehead atoms. The summed E-state index contributed by atoms with van der Waals surface area (Å²) in [5.74, 6) is 0.324. The third-order valence-corrected chi connectivity index (χ3v) is 2.43. The van der Waals surface area contributed by atoms with Crippen LogP contribution >= 0.6 is 28.6 Å². The van der Waals surface area contributed by atoms with Gasteiger partial charge in [-0.15, -0.1) is 0 Å². The molecule has 3 heteroatoms. The van der Waals surface area contributed by atoms with Gasteiger partial charge in [-0.3, -0.25) is 0 Å². The van der Waals surface area contributed by atoms with Gasteiger partial charge in [0, 0.05) is 5.75 Å². The maximum atomic E-state index is 12.7. The third-order valence-electron chi connectivity index (χ3n) is 1.20. The monoisotopic (exact) mass is 220 g/mol.